The van der Waals surface area contributed by atoms with Crippen LogP contribution in [-0.2, 0) is 6.61 Å². The van der Waals surface area contributed by atoms with E-state index in [9.17, 15) is 4.79 Å². The van der Waals surface area contributed by atoms with Crippen LogP contribution in [0.4, 0.5) is 0 Å². The van der Waals surface area contributed by atoms with Crippen LogP contribution in [0.2, 0.25) is 5.02 Å². The molecule has 0 amide bonds. The van der Waals surface area contributed by atoms with E-state index in [0.717, 1.165) is 23.2 Å². The Bertz CT molecular complexity index is 547. The molecular weight excluding hydrogens is 248 g/mol. The monoisotopic (exact) mass is 260 g/mol. The average Bonchev–Trinajstić information content (AvgIpc) is 2.38. The second-order valence-corrected chi connectivity index (χ2v) is 4.48. The summed E-state index contributed by atoms with van der Waals surface area (Å²) in [4.78, 5) is 10.5. The zero-order valence-corrected chi connectivity index (χ0v) is 10.8. The van der Waals surface area contributed by atoms with Gasteiger partial charge in [-0.2, -0.15) is 0 Å². The number of carbonyl (C=O) groups is 1. The summed E-state index contributed by atoms with van der Waals surface area (Å²) < 4.78 is 5.61. The van der Waals surface area contributed by atoms with Crippen LogP contribution in [0.5, 0.6) is 5.75 Å². The number of aryl methyl sites for hydroxylation is 1. The Kier molecular flexibility index (Phi) is 4.00. The Morgan fingerprint density at radius 2 is 1.89 bits per heavy atom. The molecular formula is C15H13ClO2. The first-order valence-electron chi connectivity index (χ1n) is 5.62. The molecule has 0 unspecified atom stereocenters. The lowest BCUT2D eigenvalue weighted by Crippen LogP contribution is -1.96. The van der Waals surface area contributed by atoms with Gasteiger partial charge >= 0.3 is 0 Å². The van der Waals surface area contributed by atoms with Crippen LogP contribution in [0.15, 0.2) is 42.5 Å². The minimum atomic E-state index is 0.416. The van der Waals surface area contributed by atoms with Crippen molar-refractivity contribution in [2.45, 2.75) is 13.5 Å². The van der Waals surface area contributed by atoms with Crippen LogP contribution < -0.4 is 4.74 Å². The highest BCUT2D eigenvalue weighted by molar-refractivity contribution is 6.31. The Labute approximate surface area is 111 Å². The Balaban J connectivity index is 2.04. The fourth-order valence-electron chi connectivity index (χ4n) is 1.57. The number of carbonyl (C=O) groups excluding carboxylic acids is 1. The van der Waals surface area contributed by atoms with Gasteiger partial charge in [0, 0.05) is 16.1 Å². The topological polar surface area (TPSA) is 26.3 Å². The smallest absolute Gasteiger partial charge is 0.150 e. The standard InChI is InChI=1S/C15H13ClO2/c1-11-2-5-13(15(16)8-11)10-18-14-6-3-12(9-17)4-7-14/h2-9H,10H2,1H3. The first kappa shape index (κ1) is 12.7. The summed E-state index contributed by atoms with van der Waals surface area (Å²) in [6.45, 7) is 2.41. The average molecular weight is 261 g/mol. The summed E-state index contributed by atoms with van der Waals surface area (Å²) in [6.07, 6.45) is 0.806. The lowest BCUT2D eigenvalue weighted by Gasteiger charge is -2.08. The molecule has 2 aromatic rings. The van der Waals surface area contributed by atoms with Crippen LogP contribution in [0.1, 0.15) is 21.5 Å². The summed E-state index contributed by atoms with van der Waals surface area (Å²) >= 11 is 6.12. The number of ether oxygens (including phenoxy) is 1. The molecule has 3 heteroatoms. The van der Waals surface area contributed by atoms with Crippen molar-refractivity contribution >= 4 is 17.9 Å². The minimum absolute atomic E-state index is 0.416. The van der Waals surface area contributed by atoms with Gasteiger partial charge in [0.25, 0.3) is 0 Å². The van der Waals surface area contributed by atoms with E-state index in [0.29, 0.717) is 17.2 Å². The van der Waals surface area contributed by atoms with Crippen molar-refractivity contribution in [3.63, 3.8) is 0 Å². The van der Waals surface area contributed by atoms with Gasteiger partial charge in [0.05, 0.1) is 0 Å². The molecule has 0 aromatic heterocycles. The molecule has 0 saturated carbocycles. The molecule has 0 aliphatic heterocycles. The summed E-state index contributed by atoms with van der Waals surface area (Å²) in [5, 5.41) is 0.708. The first-order valence-corrected chi connectivity index (χ1v) is 6.00. The van der Waals surface area contributed by atoms with Gasteiger partial charge in [-0.3, -0.25) is 4.79 Å². The Morgan fingerprint density at radius 1 is 1.17 bits per heavy atom. The first-order chi connectivity index (χ1) is 8.69. The SMILES string of the molecule is Cc1ccc(COc2ccc(C=O)cc2)c(Cl)c1. The van der Waals surface area contributed by atoms with Crippen molar-refractivity contribution in [2.24, 2.45) is 0 Å². The van der Waals surface area contributed by atoms with E-state index in [2.05, 4.69) is 0 Å². The normalized spacial score (nSPS) is 10.1. The van der Waals surface area contributed by atoms with Crippen molar-refractivity contribution in [1.29, 1.82) is 0 Å². The predicted octanol–water partition coefficient (Wildman–Crippen LogP) is 4.04. The predicted molar refractivity (Wildman–Crippen MR) is 72.4 cm³/mol. The molecule has 0 aliphatic rings. The molecule has 0 saturated heterocycles. The molecule has 0 fully saturated rings. The van der Waals surface area contributed by atoms with E-state index >= 15 is 0 Å². The number of benzene rings is 2. The Hall–Kier alpha value is -1.80. The Morgan fingerprint density at radius 3 is 2.50 bits per heavy atom. The maximum Gasteiger partial charge on any atom is 0.150 e. The third kappa shape index (κ3) is 3.11. The second kappa shape index (κ2) is 5.69. The van der Waals surface area contributed by atoms with Gasteiger partial charge < -0.3 is 4.74 Å². The second-order valence-electron chi connectivity index (χ2n) is 4.07. The number of aldehydes is 1. The van der Waals surface area contributed by atoms with E-state index < -0.39 is 0 Å². The summed E-state index contributed by atoms with van der Waals surface area (Å²) in [5.74, 6) is 0.720. The highest BCUT2D eigenvalue weighted by Crippen LogP contribution is 2.20. The fraction of sp³-hybridized carbons (Fsp3) is 0.133. The number of hydrogen-bond acceptors (Lipinski definition) is 2. The van der Waals surface area contributed by atoms with Gasteiger partial charge in [-0.1, -0.05) is 23.7 Å². The highest BCUT2D eigenvalue weighted by atomic mass is 35.5. The number of rotatable bonds is 4. The van der Waals surface area contributed by atoms with Gasteiger partial charge in [0.1, 0.15) is 18.6 Å². The summed E-state index contributed by atoms with van der Waals surface area (Å²) in [7, 11) is 0. The molecule has 0 spiro atoms. The summed E-state index contributed by atoms with van der Waals surface area (Å²) in [5.41, 5.74) is 2.71. The quantitative estimate of drug-likeness (QED) is 0.776. The van der Waals surface area contributed by atoms with Crippen molar-refractivity contribution in [1.82, 2.24) is 0 Å². The van der Waals surface area contributed by atoms with Crippen molar-refractivity contribution in [2.75, 3.05) is 0 Å². The molecule has 2 aromatic carbocycles. The van der Waals surface area contributed by atoms with E-state index in [1.54, 1.807) is 24.3 Å². The number of halogens is 1. The third-order valence-corrected chi connectivity index (χ3v) is 2.97. The fourth-order valence-corrected chi connectivity index (χ4v) is 1.86. The van der Waals surface area contributed by atoms with Crippen LogP contribution in [0.3, 0.4) is 0 Å². The zero-order chi connectivity index (χ0) is 13.0. The highest BCUT2D eigenvalue weighted by Gasteiger charge is 2.02. The lowest BCUT2D eigenvalue weighted by molar-refractivity contribution is 0.112. The minimum Gasteiger partial charge on any atom is -0.489 e. The maximum absolute atomic E-state index is 10.5. The third-order valence-electron chi connectivity index (χ3n) is 2.62. The van der Waals surface area contributed by atoms with Crippen LogP contribution in [-0.4, -0.2) is 6.29 Å². The van der Waals surface area contributed by atoms with Gasteiger partial charge in [-0.25, -0.2) is 0 Å². The number of hydrogen-bond donors (Lipinski definition) is 0. The zero-order valence-electron chi connectivity index (χ0n) is 10.0. The van der Waals surface area contributed by atoms with Crippen molar-refractivity contribution in [3.8, 4) is 5.75 Å². The molecule has 2 rings (SSSR count). The van der Waals surface area contributed by atoms with Gasteiger partial charge in [-0.05, 0) is 42.8 Å². The van der Waals surface area contributed by atoms with Crippen molar-refractivity contribution < 1.29 is 9.53 Å². The van der Waals surface area contributed by atoms with E-state index in [4.69, 9.17) is 16.3 Å². The van der Waals surface area contributed by atoms with Gasteiger partial charge in [-0.15, -0.1) is 0 Å². The molecule has 18 heavy (non-hydrogen) atoms. The molecule has 0 aliphatic carbocycles. The van der Waals surface area contributed by atoms with Crippen molar-refractivity contribution in [3.05, 3.63) is 64.2 Å². The molecule has 0 atom stereocenters. The van der Waals surface area contributed by atoms with E-state index in [-0.39, 0.29) is 0 Å². The molecule has 92 valence electrons. The van der Waals surface area contributed by atoms with Gasteiger partial charge in [0.2, 0.25) is 0 Å². The van der Waals surface area contributed by atoms with E-state index in [1.165, 1.54) is 0 Å². The molecule has 0 radical (unpaired) electrons. The molecule has 0 heterocycles. The van der Waals surface area contributed by atoms with E-state index in [1.807, 2.05) is 25.1 Å². The maximum atomic E-state index is 10.5. The summed E-state index contributed by atoms with van der Waals surface area (Å²) in [6, 6.07) is 12.9. The van der Waals surface area contributed by atoms with Crippen LogP contribution in [0, 0.1) is 6.92 Å². The van der Waals surface area contributed by atoms with Gasteiger partial charge in [0.15, 0.2) is 0 Å². The van der Waals surface area contributed by atoms with Crippen LogP contribution in [0.25, 0.3) is 0 Å². The molecule has 2 nitrogen and oxygen atoms in total. The molecule has 0 bridgehead atoms. The lowest BCUT2D eigenvalue weighted by atomic mass is 10.1. The molecule has 0 N–H and O–H groups in total. The van der Waals surface area contributed by atoms with Crippen LogP contribution >= 0.6 is 11.6 Å². The largest absolute Gasteiger partial charge is 0.489 e.